The maximum atomic E-state index is 5.60. The van der Waals surface area contributed by atoms with E-state index in [0.717, 1.165) is 58.4 Å². The van der Waals surface area contributed by atoms with Crippen LogP contribution in [-0.4, -0.2) is 79.3 Å². The molecule has 2 aliphatic heterocycles. The van der Waals surface area contributed by atoms with Crippen LogP contribution in [0.5, 0.6) is 0 Å². The van der Waals surface area contributed by atoms with Crippen molar-refractivity contribution in [3.8, 4) is 0 Å². The highest BCUT2D eigenvalue weighted by Gasteiger charge is 2.21. The van der Waals surface area contributed by atoms with Crippen molar-refractivity contribution in [2.24, 2.45) is 5.92 Å². The van der Waals surface area contributed by atoms with Gasteiger partial charge in [0.25, 0.3) is 0 Å². The molecule has 0 spiro atoms. The summed E-state index contributed by atoms with van der Waals surface area (Å²) in [6.07, 6.45) is 6.56. The van der Waals surface area contributed by atoms with Gasteiger partial charge in [-0.05, 0) is 39.3 Å². The fraction of sp³-hybridized carbons (Fsp3) is 0.778. The molecule has 0 N–H and O–H groups in total. The molecule has 0 aromatic carbocycles. The maximum absolute atomic E-state index is 5.60. The number of piperidine rings is 1. The Morgan fingerprint density at radius 1 is 1.12 bits per heavy atom. The van der Waals surface area contributed by atoms with Crippen LogP contribution in [0.25, 0.3) is 0 Å². The van der Waals surface area contributed by atoms with Crippen LogP contribution in [0.15, 0.2) is 12.4 Å². The second-order valence-corrected chi connectivity index (χ2v) is 7.08. The van der Waals surface area contributed by atoms with Crippen molar-refractivity contribution in [3.63, 3.8) is 0 Å². The van der Waals surface area contributed by atoms with E-state index < -0.39 is 0 Å². The fourth-order valence-corrected chi connectivity index (χ4v) is 3.57. The summed E-state index contributed by atoms with van der Waals surface area (Å²) in [6, 6.07) is 0. The molecule has 1 aromatic rings. The molecule has 2 aliphatic rings. The largest absolute Gasteiger partial charge is 0.381 e. The number of piperazine rings is 1. The van der Waals surface area contributed by atoms with E-state index >= 15 is 0 Å². The summed E-state index contributed by atoms with van der Waals surface area (Å²) in [4.78, 5) is 16.4. The zero-order chi connectivity index (χ0) is 16.8. The Labute approximate surface area is 145 Å². The normalized spacial score (nSPS) is 23.6. The lowest BCUT2D eigenvalue weighted by molar-refractivity contribution is 0.0646. The first-order chi connectivity index (χ1) is 11.7. The van der Waals surface area contributed by atoms with Crippen LogP contribution in [-0.2, 0) is 11.3 Å². The van der Waals surface area contributed by atoms with E-state index in [1.165, 1.54) is 24.9 Å². The third-order valence-electron chi connectivity index (χ3n) is 5.04. The molecule has 0 aliphatic carbocycles. The first-order valence-electron chi connectivity index (χ1n) is 9.29. The number of likely N-dealkylation sites (tertiary alicyclic amines) is 1. The summed E-state index contributed by atoms with van der Waals surface area (Å²) in [5.74, 6) is 1.55. The van der Waals surface area contributed by atoms with Gasteiger partial charge in [0.1, 0.15) is 0 Å². The molecule has 0 amide bonds. The van der Waals surface area contributed by atoms with Crippen molar-refractivity contribution in [3.05, 3.63) is 18.0 Å². The Hall–Kier alpha value is -1.24. The number of anilines is 1. The highest BCUT2D eigenvalue weighted by Crippen LogP contribution is 2.19. The Kier molecular flexibility index (Phi) is 6.40. The van der Waals surface area contributed by atoms with Crippen molar-refractivity contribution in [1.82, 2.24) is 19.8 Å². The lowest BCUT2D eigenvalue weighted by Crippen LogP contribution is -2.45. The molecule has 0 radical (unpaired) electrons. The molecule has 24 heavy (non-hydrogen) atoms. The highest BCUT2D eigenvalue weighted by atomic mass is 16.5. The van der Waals surface area contributed by atoms with E-state index in [4.69, 9.17) is 4.74 Å². The van der Waals surface area contributed by atoms with Crippen LogP contribution < -0.4 is 4.90 Å². The van der Waals surface area contributed by atoms with Crippen LogP contribution in [0.3, 0.4) is 0 Å². The lowest BCUT2D eigenvalue weighted by atomic mass is 9.99. The molecule has 2 saturated heterocycles. The van der Waals surface area contributed by atoms with Crippen molar-refractivity contribution < 1.29 is 4.74 Å². The molecule has 3 heterocycles. The molecule has 6 nitrogen and oxygen atoms in total. The Bertz CT molecular complexity index is 487. The quantitative estimate of drug-likeness (QED) is 0.786. The third-order valence-corrected chi connectivity index (χ3v) is 5.04. The Morgan fingerprint density at radius 3 is 2.58 bits per heavy atom. The molecule has 0 saturated carbocycles. The molecular weight excluding hydrogens is 302 g/mol. The number of likely N-dealkylation sites (N-methyl/N-ethyl adjacent to an activating group) is 1. The van der Waals surface area contributed by atoms with Gasteiger partial charge in [0.2, 0.25) is 5.95 Å². The average Bonchev–Trinajstić information content (AvgIpc) is 2.62. The summed E-state index contributed by atoms with van der Waals surface area (Å²) in [5.41, 5.74) is 1.21. The monoisotopic (exact) mass is 333 g/mol. The molecule has 2 fully saturated rings. The second-order valence-electron chi connectivity index (χ2n) is 7.08. The highest BCUT2D eigenvalue weighted by molar-refractivity contribution is 5.30. The van der Waals surface area contributed by atoms with E-state index in [-0.39, 0.29) is 0 Å². The van der Waals surface area contributed by atoms with Gasteiger partial charge < -0.3 is 14.5 Å². The summed E-state index contributed by atoms with van der Waals surface area (Å²) in [7, 11) is 2.17. The molecule has 6 heteroatoms. The topological polar surface area (TPSA) is 44.7 Å². The SMILES string of the molecule is CCOC[C@@H]1CCCN(Cc2cnc(N3CCN(C)CC3)nc2)C1. The lowest BCUT2D eigenvalue weighted by Gasteiger charge is -2.33. The molecule has 3 rings (SSSR count). The molecule has 1 atom stereocenters. The smallest absolute Gasteiger partial charge is 0.225 e. The van der Waals surface area contributed by atoms with Crippen LogP contribution in [0, 0.1) is 5.92 Å². The van der Waals surface area contributed by atoms with Gasteiger partial charge >= 0.3 is 0 Å². The summed E-state index contributed by atoms with van der Waals surface area (Å²) in [5, 5.41) is 0. The minimum Gasteiger partial charge on any atom is -0.381 e. The average molecular weight is 333 g/mol. The van der Waals surface area contributed by atoms with Crippen LogP contribution >= 0.6 is 0 Å². The number of ether oxygens (including phenoxy) is 1. The molecule has 0 bridgehead atoms. The van der Waals surface area contributed by atoms with Gasteiger partial charge in [-0.2, -0.15) is 0 Å². The molecule has 134 valence electrons. The number of hydrogen-bond donors (Lipinski definition) is 0. The number of hydrogen-bond acceptors (Lipinski definition) is 6. The van der Waals surface area contributed by atoms with Crippen molar-refractivity contribution in [1.29, 1.82) is 0 Å². The van der Waals surface area contributed by atoms with Gasteiger partial charge in [-0.1, -0.05) is 0 Å². The standard InChI is InChI=1S/C18H31N5O/c1-3-24-15-16-5-4-6-22(13-16)14-17-11-19-18(20-12-17)23-9-7-21(2)8-10-23/h11-12,16H,3-10,13-15H2,1-2H3/t16-/m1/s1. The Balaban J connectivity index is 1.50. The van der Waals surface area contributed by atoms with Gasteiger partial charge in [-0.15, -0.1) is 0 Å². The van der Waals surface area contributed by atoms with Crippen molar-refractivity contribution >= 4 is 5.95 Å². The van der Waals surface area contributed by atoms with Crippen LogP contribution in [0.4, 0.5) is 5.95 Å². The van der Waals surface area contributed by atoms with Gasteiger partial charge in [-0.3, -0.25) is 4.90 Å². The van der Waals surface area contributed by atoms with Gasteiger partial charge in [0.15, 0.2) is 0 Å². The minimum atomic E-state index is 0.671. The molecule has 0 unspecified atom stereocenters. The summed E-state index contributed by atoms with van der Waals surface area (Å²) in [6.45, 7) is 11.2. The van der Waals surface area contributed by atoms with E-state index in [1.54, 1.807) is 0 Å². The van der Waals surface area contributed by atoms with Gasteiger partial charge in [-0.25, -0.2) is 9.97 Å². The number of aromatic nitrogens is 2. The number of rotatable bonds is 6. The Morgan fingerprint density at radius 2 is 1.88 bits per heavy atom. The van der Waals surface area contributed by atoms with Crippen LogP contribution in [0.1, 0.15) is 25.3 Å². The van der Waals surface area contributed by atoms with Gasteiger partial charge in [0, 0.05) is 63.8 Å². The predicted molar refractivity (Wildman–Crippen MR) is 96.2 cm³/mol. The second kappa shape index (κ2) is 8.74. The van der Waals surface area contributed by atoms with Crippen LogP contribution in [0.2, 0.25) is 0 Å². The van der Waals surface area contributed by atoms with Gasteiger partial charge in [0.05, 0.1) is 6.61 Å². The molecular formula is C18H31N5O. The third kappa shape index (κ3) is 4.88. The van der Waals surface area contributed by atoms with E-state index in [1.807, 2.05) is 12.4 Å². The first kappa shape index (κ1) is 17.6. The minimum absolute atomic E-state index is 0.671. The van der Waals surface area contributed by atoms with E-state index in [0.29, 0.717) is 5.92 Å². The fourth-order valence-electron chi connectivity index (χ4n) is 3.57. The maximum Gasteiger partial charge on any atom is 0.225 e. The predicted octanol–water partition coefficient (Wildman–Crippen LogP) is 1.48. The molecule has 1 aromatic heterocycles. The first-order valence-corrected chi connectivity index (χ1v) is 9.29. The van der Waals surface area contributed by atoms with Crippen molar-refractivity contribution in [2.75, 3.05) is 64.4 Å². The zero-order valence-corrected chi connectivity index (χ0v) is 15.2. The van der Waals surface area contributed by atoms with E-state index in [2.05, 4.69) is 38.6 Å². The summed E-state index contributed by atoms with van der Waals surface area (Å²) < 4.78 is 5.60. The number of nitrogens with zero attached hydrogens (tertiary/aromatic N) is 5. The van der Waals surface area contributed by atoms with Crippen molar-refractivity contribution in [2.45, 2.75) is 26.3 Å². The van der Waals surface area contributed by atoms with E-state index in [9.17, 15) is 0 Å². The zero-order valence-electron chi connectivity index (χ0n) is 15.2. The summed E-state index contributed by atoms with van der Waals surface area (Å²) >= 11 is 0.